The van der Waals surface area contributed by atoms with E-state index in [9.17, 15) is 13.2 Å². The summed E-state index contributed by atoms with van der Waals surface area (Å²) in [6.45, 7) is 4.69. The van der Waals surface area contributed by atoms with E-state index in [-0.39, 0.29) is 32.1 Å². The number of sulfonamides is 1. The zero-order chi connectivity index (χ0) is 21.5. The molecule has 1 aromatic rings. The highest BCUT2D eigenvalue weighted by atomic mass is 79.9. The largest absolute Gasteiger partial charge is 0.299 e. The van der Waals surface area contributed by atoms with Crippen molar-refractivity contribution < 1.29 is 13.2 Å². The number of benzene rings is 1. The van der Waals surface area contributed by atoms with Gasteiger partial charge in [0.25, 0.3) is 0 Å². The maximum absolute atomic E-state index is 13.7. The smallest absolute Gasteiger partial charge is 0.216 e. The minimum Gasteiger partial charge on any atom is -0.299 e. The molecule has 0 N–H and O–H groups in total. The van der Waals surface area contributed by atoms with E-state index in [0.29, 0.717) is 25.3 Å². The van der Waals surface area contributed by atoms with Crippen LogP contribution in [-0.2, 0) is 26.7 Å². The van der Waals surface area contributed by atoms with Gasteiger partial charge in [0, 0.05) is 23.8 Å². The Labute approximate surface area is 196 Å². The molecule has 0 radical (unpaired) electrons. The van der Waals surface area contributed by atoms with Crippen LogP contribution in [0.5, 0.6) is 0 Å². The van der Waals surface area contributed by atoms with Crippen LogP contribution in [-0.4, -0.2) is 40.6 Å². The van der Waals surface area contributed by atoms with Crippen LogP contribution in [0.1, 0.15) is 57.1 Å². The van der Waals surface area contributed by atoms with Crippen LogP contribution in [0.2, 0.25) is 0 Å². The fraction of sp³-hybridized carbons (Fsp3) is 0.696. The predicted octanol–water partition coefficient (Wildman–Crippen LogP) is 4.79. The Morgan fingerprint density at radius 2 is 1.87 bits per heavy atom. The van der Waals surface area contributed by atoms with E-state index in [4.69, 9.17) is 0 Å². The van der Waals surface area contributed by atoms with Crippen LogP contribution in [0, 0.1) is 16.7 Å². The molecule has 5 rings (SSSR count). The number of alkyl halides is 2. The lowest BCUT2D eigenvalue weighted by atomic mass is 9.70. The number of Topliss-reactive ketones (excluding diaryl/α,β-unsaturated/α-hetero) is 1. The van der Waals surface area contributed by atoms with Crippen LogP contribution >= 0.6 is 31.9 Å². The molecule has 1 aromatic carbocycles. The highest BCUT2D eigenvalue weighted by Crippen LogP contribution is 2.64. The van der Waals surface area contributed by atoms with Gasteiger partial charge in [-0.05, 0) is 54.6 Å². The molecule has 5 atom stereocenters. The third-order valence-electron chi connectivity index (χ3n) is 9.14. The fourth-order valence-electron chi connectivity index (χ4n) is 7.04. The van der Waals surface area contributed by atoms with E-state index in [2.05, 4.69) is 70.0 Å². The summed E-state index contributed by atoms with van der Waals surface area (Å²) in [6.07, 6.45) is 5.09. The van der Waals surface area contributed by atoms with Gasteiger partial charge >= 0.3 is 0 Å². The third kappa shape index (κ3) is 2.70. The lowest BCUT2D eigenvalue weighted by Gasteiger charge is -2.48. The quantitative estimate of drug-likeness (QED) is 0.396. The van der Waals surface area contributed by atoms with Crippen molar-refractivity contribution in [3.05, 3.63) is 35.4 Å². The third-order valence-corrected chi connectivity index (χ3v) is 14.5. The van der Waals surface area contributed by atoms with Crippen LogP contribution < -0.4 is 0 Å². The molecule has 7 heteroatoms. The van der Waals surface area contributed by atoms with Gasteiger partial charge in [0.1, 0.15) is 5.78 Å². The van der Waals surface area contributed by atoms with Crippen molar-refractivity contribution in [2.45, 2.75) is 67.6 Å². The summed E-state index contributed by atoms with van der Waals surface area (Å²) in [5.74, 6) is 0.434. The summed E-state index contributed by atoms with van der Waals surface area (Å²) in [7, 11) is -3.58. The number of nitrogens with zero attached hydrogens (tertiary/aromatic N) is 1. The van der Waals surface area contributed by atoms with Gasteiger partial charge in [-0.15, -0.1) is 0 Å². The standard InChI is InChI=1S/C23H29Br2NO3S/c1-21(2)16-8-10-23(21,18(27)13-16)14-30(28,29)26-12-11-22(19(24)20(26)25)9-7-15-5-3-4-6-17(15)22/h3-6,16,19-20H,7-14H2,1-2H3/t16-,19?,20?,22?,23-/m1/s1. The summed E-state index contributed by atoms with van der Waals surface area (Å²) < 4.78 is 29.0. The molecule has 1 saturated heterocycles. The number of rotatable bonds is 3. The molecule has 1 aliphatic heterocycles. The van der Waals surface area contributed by atoms with Crippen LogP contribution in [0.15, 0.2) is 24.3 Å². The molecule has 164 valence electrons. The zero-order valence-corrected chi connectivity index (χ0v) is 21.5. The van der Waals surface area contributed by atoms with Crippen LogP contribution in [0.4, 0.5) is 0 Å². The Morgan fingerprint density at radius 1 is 1.13 bits per heavy atom. The van der Waals surface area contributed by atoms with Gasteiger partial charge in [-0.2, -0.15) is 4.31 Å². The topological polar surface area (TPSA) is 54.5 Å². The molecule has 0 amide bonds. The normalized spacial score (nSPS) is 40.3. The molecule has 3 aliphatic carbocycles. The predicted molar refractivity (Wildman–Crippen MR) is 126 cm³/mol. The first-order valence-electron chi connectivity index (χ1n) is 10.9. The SMILES string of the molecule is CC1(C)[C@@H]2CC[C@@]1(CS(=O)(=O)N1CCC3(CCc4ccccc43)C(Br)C1Br)C(=O)C2. The van der Waals surface area contributed by atoms with Crippen molar-refractivity contribution >= 4 is 47.7 Å². The number of carbonyl (C=O) groups excluding carboxylic acids is 1. The molecule has 1 spiro atoms. The highest BCUT2D eigenvalue weighted by Gasteiger charge is 2.66. The Balaban J connectivity index is 1.43. The molecule has 3 unspecified atom stereocenters. The second-order valence-corrected chi connectivity index (χ2v) is 14.2. The van der Waals surface area contributed by atoms with Crippen molar-refractivity contribution in [1.29, 1.82) is 0 Å². The Hall–Kier alpha value is -0.240. The number of hydrogen-bond donors (Lipinski definition) is 0. The second-order valence-electron chi connectivity index (χ2n) is 10.4. The van der Waals surface area contributed by atoms with E-state index in [1.807, 2.05) is 0 Å². The summed E-state index contributed by atoms with van der Waals surface area (Å²) >= 11 is 7.66. The molecule has 4 aliphatic rings. The summed E-state index contributed by atoms with van der Waals surface area (Å²) in [5.41, 5.74) is 1.73. The van der Waals surface area contributed by atoms with Gasteiger partial charge < -0.3 is 0 Å². The van der Waals surface area contributed by atoms with E-state index < -0.39 is 15.4 Å². The molecule has 4 nitrogen and oxygen atoms in total. The van der Waals surface area contributed by atoms with Crippen molar-refractivity contribution in [2.24, 2.45) is 16.7 Å². The first-order chi connectivity index (χ1) is 14.1. The number of halogens is 2. The maximum Gasteiger partial charge on any atom is 0.216 e. The molecule has 2 saturated carbocycles. The molecular formula is C23H29Br2NO3S. The van der Waals surface area contributed by atoms with Gasteiger partial charge in [0.2, 0.25) is 10.0 Å². The molecule has 0 aromatic heterocycles. The van der Waals surface area contributed by atoms with Gasteiger partial charge in [0.05, 0.1) is 15.5 Å². The Morgan fingerprint density at radius 3 is 2.53 bits per heavy atom. The van der Waals surface area contributed by atoms with Gasteiger partial charge in [0.15, 0.2) is 0 Å². The van der Waals surface area contributed by atoms with E-state index >= 15 is 0 Å². The number of ketones is 1. The molecule has 30 heavy (non-hydrogen) atoms. The van der Waals surface area contributed by atoms with Crippen molar-refractivity contribution in [3.63, 3.8) is 0 Å². The van der Waals surface area contributed by atoms with E-state index in [1.54, 1.807) is 4.31 Å². The minimum absolute atomic E-state index is 0.0155. The first kappa shape index (κ1) is 21.6. The summed E-state index contributed by atoms with van der Waals surface area (Å²) in [6, 6.07) is 8.57. The van der Waals surface area contributed by atoms with E-state index in [1.165, 1.54) is 11.1 Å². The highest BCUT2D eigenvalue weighted by molar-refractivity contribution is 9.12. The molecule has 3 fully saturated rings. The van der Waals surface area contributed by atoms with Gasteiger partial charge in [-0.1, -0.05) is 70.0 Å². The molecular weight excluding hydrogens is 530 g/mol. The molecule has 1 heterocycles. The fourth-order valence-corrected chi connectivity index (χ4v) is 11.9. The van der Waals surface area contributed by atoms with Gasteiger partial charge in [-0.25, -0.2) is 8.42 Å². The van der Waals surface area contributed by atoms with Crippen LogP contribution in [0.25, 0.3) is 0 Å². The lowest BCUT2D eigenvalue weighted by Crippen LogP contribution is -2.57. The number of carbonyl (C=O) groups is 1. The zero-order valence-electron chi connectivity index (χ0n) is 17.5. The number of hydrogen-bond acceptors (Lipinski definition) is 3. The molecule has 2 bridgehead atoms. The van der Waals surface area contributed by atoms with Crippen LogP contribution in [0.3, 0.4) is 0 Å². The minimum atomic E-state index is -3.58. The van der Waals surface area contributed by atoms with Crippen molar-refractivity contribution in [3.8, 4) is 0 Å². The Kier molecular flexibility index (Phi) is 4.95. The Bertz CT molecular complexity index is 1010. The number of fused-ring (bicyclic) bond motifs is 4. The van der Waals surface area contributed by atoms with E-state index in [0.717, 1.165) is 25.7 Å². The van der Waals surface area contributed by atoms with Crippen molar-refractivity contribution in [1.82, 2.24) is 4.31 Å². The van der Waals surface area contributed by atoms with Gasteiger partial charge in [-0.3, -0.25) is 4.79 Å². The average Bonchev–Trinajstić information content (AvgIpc) is 3.23. The number of aryl methyl sites for hydroxylation is 1. The van der Waals surface area contributed by atoms with Crippen molar-refractivity contribution in [2.75, 3.05) is 12.3 Å². The lowest BCUT2D eigenvalue weighted by molar-refractivity contribution is -0.128. The first-order valence-corrected chi connectivity index (χ1v) is 14.4. The maximum atomic E-state index is 13.7. The summed E-state index contributed by atoms with van der Waals surface area (Å²) in [5, 5.41) is 0. The average molecular weight is 559 g/mol. The summed E-state index contributed by atoms with van der Waals surface area (Å²) in [4.78, 5) is 12.6. The second kappa shape index (κ2) is 6.88. The number of piperidine rings is 1. The monoisotopic (exact) mass is 557 g/mol.